The Hall–Kier alpha value is -2.95. The summed E-state index contributed by atoms with van der Waals surface area (Å²) < 4.78 is 31.4. The molecule has 27 heavy (non-hydrogen) atoms. The van der Waals surface area contributed by atoms with Gasteiger partial charge < -0.3 is 4.74 Å². The minimum absolute atomic E-state index is 0.212. The molecule has 0 aromatic heterocycles. The molecule has 0 amide bonds. The summed E-state index contributed by atoms with van der Waals surface area (Å²) in [5.41, 5.74) is 1.15. The van der Waals surface area contributed by atoms with Crippen molar-refractivity contribution in [2.24, 2.45) is 0 Å². The Morgan fingerprint density at radius 1 is 1.07 bits per heavy atom. The first kappa shape index (κ1) is 20.4. The molecule has 0 saturated carbocycles. The van der Waals surface area contributed by atoms with Crippen LogP contribution in [0, 0.1) is 11.3 Å². The third-order valence-electron chi connectivity index (χ3n) is 3.84. The van der Waals surface area contributed by atoms with Crippen LogP contribution in [0.25, 0.3) is 6.08 Å². The third-order valence-corrected chi connectivity index (χ3v) is 5.90. The summed E-state index contributed by atoms with van der Waals surface area (Å²) in [5, 5.41) is 8.74. The van der Waals surface area contributed by atoms with E-state index in [1.54, 1.807) is 44.2 Å². The number of nitrogens with zero attached hydrogens (tertiary/aromatic N) is 2. The zero-order valence-electron chi connectivity index (χ0n) is 15.1. The van der Waals surface area contributed by atoms with Gasteiger partial charge in [0.25, 0.3) is 0 Å². The average molecular weight is 384 g/mol. The van der Waals surface area contributed by atoms with Crippen LogP contribution in [-0.2, 0) is 14.8 Å². The van der Waals surface area contributed by atoms with Crippen molar-refractivity contribution in [3.8, 4) is 11.8 Å². The van der Waals surface area contributed by atoms with Gasteiger partial charge in [0, 0.05) is 19.2 Å². The van der Waals surface area contributed by atoms with E-state index < -0.39 is 16.0 Å². The van der Waals surface area contributed by atoms with E-state index in [0.717, 1.165) is 0 Å². The van der Waals surface area contributed by atoms with Gasteiger partial charge in [-0.2, -0.15) is 9.57 Å². The van der Waals surface area contributed by atoms with E-state index in [0.29, 0.717) is 30.0 Å². The standard InChI is InChI=1S/C20H20N2O4S/c1-3-22(4-2)27(24,25)19-12-7-16(8-13-19)9-14-20(23)26-18-10-5-17(15-21)6-11-18/h5-14H,3-4H2,1-2H3/b14-9+. The van der Waals surface area contributed by atoms with Crippen LogP contribution in [0.15, 0.2) is 59.5 Å². The van der Waals surface area contributed by atoms with Gasteiger partial charge in [0.05, 0.1) is 16.5 Å². The van der Waals surface area contributed by atoms with Gasteiger partial charge in [0.2, 0.25) is 10.0 Å². The van der Waals surface area contributed by atoms with E-state index in [1.165, 1.54) is 34.6 Å². The maximum atomic E-state index is 12.4. The van der Waals surface area contributed by atoms with Gasteiger partial charge >= 0.3 is 5.97 Å². The van der Waals surface area contributed by atoms with E-state index in [1.807, 2.05) is 6.07 Å². The van der Waals surface area contributed by atoms with Gasteiger partial charge in [-0.25, -0.2) is 13.2 Å². The molecule has 2 rings (SSSR count). The number of hydrogen-bond acceptors (Lipinski definition) is 5. The predicted molar refractivity (Wildman–Crippen MR) is 102 cm³/mol. The number of rotatable bonds is 7. The Bertz CT molecular complexity index is 953. The smallest absolute Gasteiger partial charge is 0.336 e. The summed E-state index contributed by atoms with van der Waals surface area (Å²) in [4.78, 5) is 12.1. The molecule has 0 aliphatic rings. The Balaban J connectivity index is 2.04. The lowest BCUT2D eigenvalue weighted by Crippen LogP contribution is -2.30. The fourth-order valence-electron chi connectivity index (χ4n) is 2.38. The molecule has 2 aromatic rings. The largest absolute Gasteiger partial charge is 0.423 e. The molecule has 0 fully saturated rings. The van der Waals surface area contributed by atoms with Crippen LogP contribution in [0.4, 0.5) is 0 Å². The van der Waals surface area contributed by atoms with Gasteiger partial charge in [-0.05, 0) is 48.0 Å². The van der Waals surface area contributed by atoms with Crippen molar-refractivity contribution in [3.05, 3.63) is 65.7 Å². The van der Waals surface area contributed by atoms with Crippen LogP contribution in [0.2, 0.25) is 0 Å². The van der Waals surface area contributed by atoms with E-state index in [9.17, 15) is 13.2 Å². The number of benzene rings is 2. The first-order valence-electron chi connectivity index (χ1n) is 8.41. The number of hydrogen-bond donors (Lipinski definition) is 0. The predicted octanol–water partition coefficient (Wildman–Crippen LogP) is 3.21. The third kappa shape index (κ3) is 5.26. The van der Waals surface area contributed by atoms with Crippen molar-refractivity contribution < 1.29 is 17.9 Å². The van der Waals surface area contributed by atoms with Crippen molar-refractivity contribution in [2.75, 3.05) is 13.1 Å². The molecule has 0 atom stereocenters. The lowest BCUT2D eigenvalue weighted by molar-refractivity contribution is -0.128. The van der Waals surface area contributed by atoms with Crippen LogP contribution in [0.3, 0.4) is 0 Å². The second kappa shape index (κ2) is 9.12. The monoisotopic (exact) mass is 384 g/mol. The van der Waals surface area contributed by atoms with Gasteiger partial charge in [-0.15, -0.1) is 0 Å². The Morgan fingerprint density at radius 2 is 1.67 bits per heavy atom. The summed E-state index contributed by atoms with van der Waals surface area (Å²) in [6, 6.07) is 14.5. The van der Waals surface area contributed by atoms with E-state index in [2.05, 4.69) is 0 Å². The van der Waals surface area contributed by atoms with Gasteiger partial charge in [-0.3, -0.25) is 0 Å². The number of carbonyl (C=O) groups is 1. The fourth-order valence-corrected chi connectivity index (χ4v) is 3.83. The van der Waals surface area contributed by atoms with Gasteiger partial charge in [0.1, 0.15) is 5.75 Å². The number of nitriles is 1. The SMILES string of the molecule is CCN(CC)S(=O)(=O)c1ccc(/C=C/C(=O)Oc2ccc(C#N)cc2)cc1. The molecule has 0 radical (unpaired) electrons. The molecule has 0 unspecified atom stereocenters. The first-order chi connectivity index (χ1) is 12.9. The number of ether oxygens (including phenoxy) is 1. The van der Waals surface area contributed by atoms with Crippen molar-refractivity contribution in [1.82, 2.24) is 4.31 Å². The molecule has 2 aromatic carbocycles. The van der Waals surface area contributed by atoms with Crippen LogP contribution < -0.4 is 4.74 Å². The number of carbonyl (C=O) groups excluding carboxylic acids is 1. The van der Waals surface area contributed by atoms with Crippen molar-refractivity contribution in [1.29, 1.82) is 5.26 Å². The molecule has 6 nitrogen and oxygen atoms in total. The lowest BCUT2D eigenvalue weighted by Gasteiger charge is -2.18. The molecule has 7 heteroatoms. The topological polar surface area (TPSA) is 87.5 Å². The zero-order chi connectivity index (χ0) is 19.9. The van der Waals surface area contributed by atoms with Gasteiger partial charge in [-0.1, -0.05) is 26.0 Å². The molecule has 0 saturated heterocycles. The van der Waals surface area contributed by atoms with Gasteiger partial charge in [0.15, 0.2) is 0 Å². The molecule has 0 N–H and O–H groups in total. The molecular weight excluding hydrogens is 364 g/mol. The van der Waals surface area contributed by atoms with Crippen LogP contribution in [-0.4, -0.2) is 31.8 Å². The molecule has 0 heterocycles. The summed E-state index contributed by atoms with van der Waals surface area (Å²) >= 11 is 0. The first-order valence-corrected chi connectivity index (χ1v) is 9.85. The highest BCUT2D eigenvalue weighted by Gasteiger charge is 2.20. The van der Waals surface area contributed by atoms with Crippen LogP contribution in [0.1, 0.15) is 25.0 Å². The Labute approximate surface area is 159 Å². The minimum Gasteiger partial charge on any atom is -0.423 e. The average Bonchev–Trinajstić information content (AvgIpc) is 2.68. The van der Waals surface area contributed by atoms with Crippen molar-refractivity contribution in [3.63, 3.8) is 0 Å². The van der Waals surface area contributed by atoms with Crippen LogP contribution in [0.5, 0.6) is 5.75 Å². The number of sulfonamides is 1. The summed E-state index contributed by atoms with van der Waals surface area (Å²) in [6.45, 7) is 4.39. The summed E-state index contributed by atoms with van der Waals surface area (Å²) in [7, 11) is -3.50. The number of esters is 1. The zero-order valence-corrected chi connectivity index (χ0v) is 15.9. The maximum Gasteiger partial charge on any atom is 0.336 e. The van der Waals surface area contributed by atoms with Crippen molar-refractivity contribution >= 4 is 22.1 Å². The second-order valence-corrected chi connectivity index (χ2v) is 7.49. The minimum atomic E-state index is -3.50. The summed E-state index contributed by atoms with van der Waals surface area (Å²) in [6.07, 6.45) is 2.80. The van der Waals surface area contributed by atoms with E-state index in [-0.39, 0.29) is 4.90 Å². The van der Waals surface area contributed by atoms with Crippen molar-refractivity contribution in [2.45, 2.75) is 18.7 Å². The second-order valence-electron chi connectivity index (χ2n) is 5.55. The molecule has 0 aliphatic carbocycles. The molecule has 0 bridgehead atoms. The lowest BCUT2D eigenvalue weighted by atomic mass is 10.2. The van der Waals surface area contributed by atoms with E-state index >= 15 is 0 Å². The quantitative estimate of drug-likeness (QED) is 0.416. The molecule has 0 spiro atoms. The Morgan fingerprint density at radius 3 is 2.19 bits per heavy atom. The summed E-state index contributed by atoms with van der Waals surface area (Å²) in [5.74, 6) is -0.233. The van der Waals surface area contributed by atoms with E-state index in [4.69, 9.17) is 10.00 Å². The highest BCUT2D eigenvalue weighted by atomic mass is 32.2. The highest BCUT2D eigenvalue weighted by molar-refractivity contribution is 7.89. The fraction of sp³-hybridized carbons (Fsp3) is 0.200. The molecule has 0 aliphatic heterocycles. The highest BCUT2D eigenvalue weighted by Crippen LogP contribution is 2.17. The van der Waals surface area contributed by atoms with Crippen LogP contribution >= 0.6 is 0 Å². The maximum absolute atomic E-state index is 12.4. The Kier molecular flexibility index (Phi) is 6.88. The molecular formula is C20H20N2O4S. The normalized spacial score (nSPS) is 11.5. The molecule has 140 valence electrons.